The van der Waals surface area contributed by atoms with E-state index in [0.717, 1.165) is 48.3 Å². The van der Waals surface area contributed by atoms with Crippen LogP contribution in [0.5, 0.6) is 0 Å². The molecular formula is C83H119NO17. The first-order valence-electron chi connectivity index (χ1n) is 38.2. The minimum atomic E-state index is -2.20. The van der Waals surface area contributed by atoms with E-state index < -0.39 is 119 Å². The molecule has 1 amide bonds. The van der Waals surface area contributed by atoms with Crippen LogP contribution in [0.2, 0.25) is 0 Å². The predicted molar refractivity (Wildman–Crippen MR) is 382 cm³/mol. The molecular weight excluding hydrogens is 1280 g/mol. The fraction of sp³-hybridized carbons (Fsp3) is 0.723. The molecule has 18 heteroatoms. The summed E-state index contributed by atoms with van der Waals surface area (Å²) in [7, 11) is 0. The van der Waals surface area contributed by atoms with Crippen molar-refractivity contribution >= 4 is 41.5 Å². The smallest absolute Gasteiger partial charge is 0.408 e. The Morgan fingerprint density at radius 1 is 0.782 bits per heavy atom. The van der Waals surface area contributed by atoms with Crippen molar-refractivity contribution < 1.29 is 81.3 Å². The van der Waals surface area contributed by atoms with E-state index in [9.17, 15) is 29.1 Å². The van der Waals surface area contributed by atoms with E-state index in [4.69, 9.17) is 42.6 Å². The molecule has 0 radical (unpaired) electrons. The van der Waals surface area contributed by atoms with Crippen LogP contribution in [0.1, 0.15) is 235 Å². The van der Waals surface area contributed by atoms with Gasteiger partial charge in [-0.15, -0.1) is 0 Å². The average Bonchev–Trinajstić information content (AvgIpc) is 1.24. The van der Waals surface area contributed by atoms with E-state index in [1.165, 1.54) is 64.7 Å². The molecule has 8 aliphatic rings. The molecule has 1 aliphatic heterocycles. The average molecular weight is 1400 g/mol. The number of nitrogens with one attached hydrogen (secondary N) is 1. The third-order valence-electron chi connectivity index (χ3n) is 26.1. The second kappa shape index (κ2) is 31.5. The predicted octanol–water partition coefficient (Wildman–Crippen LogP) is 15.0. The number of esters is 4. The van der Waals surface area contributed by atoms with Gasteiger partial charge in [-0.25, -0.2) is 14.4 Å². The molecule has 2 N–H and O–H groups in total. The fourth-order valence-electron chi connectivity index (χ4n) is 20.8. The van der Waals surface area contributed by atoms with Crippen LogP contribution < -0.4 is 5.32 Å². The van der Waals surface area contributed by atoms with E-state index >= 15 is 9.59 Å². The molecule has 558 valence electrons. The quantitative estimate of drug-likeness (QED) is 0.0349. The normalized spacial score (nSPS) is 34.1. The third-order valence-corrected chi connectivity index (χ3v) is 26.1. The second-order valence-corrected chi connectivity index (χ2v) is 34.1. The van der Waals surface area contributed by atoms with Crippen LogP contribution in [0.25, 0.3) is 0 Å². The van der Waals surface area contributed by atoms with Crippen molar-refractivity contribution in [3.63, 3.8) is 0 Å². The molecule has 2 aromatic rings. The van der Waals surface area contributed by atoms with Crippen LogP contribution >= 0.6 is 0 Å². The maximum Gasteiger partial charge on any atom is 0.408 e. The summed E-state index contributed by atoms with van der Waals surface area (Å²) in [4.78, 5) is 101. The maximum atomic E-state index is 15.8. The van der Waals surface area contributed by atoms with Crippen LogP contribution in [0.3, 0.4) is 0 Å². The molecule has 10 rings (SSSR count). The third kappa shape index (κ3) is 15.9. The number of carbonyl (C=O) groups is 7. The number of alkyl carbamates (subject to hydrolysis) is 1. The van der Waals surface area contributed by atoms with Gasteiger partial charge in [0.1, 0.15) is 47.1 Å². The molecule has 0 aromatic heterocycles. The van der Waals surface area contributed by atoms with Gasteiger partial charge in [0.15, 0.2) is 5.60 Å². The minimum absolute atomic E-state index is 0.114. The Morgan fingerprint density at radius 3 is 2.13 bits per heavy atom. The van der Waals surface area contributed by atoms with Gasteiger partial charge in [0.2, 0.25) is 6.10 Å². The number of rotatable bonds is 28. The summed E-state index contributed by atoms with van der Waals surface area (Å²) in [6.45, 7) is 31.3. The lowest BCUT2D eigenvalue weighted by molar-refractivity contribution is -0.339. The van der Waals surface area contributed by atoms with Gasteiger partial charge >= 0.3 is 30.0 Å². The zero-order valence-corrected chi connectivity index (χ0v) is 63.3. The summed E-state index contributed by atoms with van der Waals surface area (Å²) >= 11 is 0. The number of amides is 1. The Labute approximate surface area is 600 Å². The van der Waals surface area contributed by atoms with Crippen molar-refractivity contribution in [3.8, 4) is 0 Å². The van der Waals surface area contributed by atoms with Gasteiger partial charge in [-0.05, 0) is 173 Å². The Morgan fingerprint density at radius 2 is 1.47 bits per heavy atom. The molecule has 18 nitrogen and oxygen atoms in total. The largest absolute Gasteiger partial charge is 0.455 e. The highest BCUT2D eigenvalue weighted by molar-refractivity contribution is 5.92. The number of benzene rings is 2. The number of carbonyl (C=O) groups excluding carboxylic acids is 7. The number of aliphatic hydroxyl groups is 1. The topological polar surface area (TPSA) is 235 Å². The van der Waals surface area contributed by atoms with Gasteiger partial charge in [-0.3, -0.25) is 19.2 Å². The van der Waals surface area contributed by atoms with Crippen molar-refractivity contribution in [2.45, 2.75) is 266 Å². The number of ketones is 2. The summed E-state index contributed by atoms with van der Waals surface area (Å²) in [5.41, 5.74) is -3.79. The van der Waals surface area contributed by atoms with E-state index in [2.05, 4.69) is 46.0 Å². The van der Waals surface area contributed by atoms with E-state index in [0.29, 0.717) is 68.0 Å². The first-order chi connectivity index (χ1) is 47.7. The fourth-order valence-corrected chi connectivity index (χ4v) is 20.8. The molecule has 7 aliphatic carbocycles. The highest BCUT2D eigenvalue weighted by Gasteiger charge is 2.77. The summed E-state index contributed by atoms with van der Waals surface area (Å²) < 4.78 is 55.7. The van der Waals surface area contributed by atoms with Gasteiger partial charge in [-0.1, -0.05) is 149 Å². The van der Waals surface area contributed by atoms with Crippen LogP contribution in [-0.2, 0) is 66.6 Å². The molecule has 6 fully saturated rings. The lowest BCUT2D eigenvalue weighted by Gasteiger charge is -2.68. The summed E-state index contributed by atoms with van der Waals surface area (Å²) in [6.07, 6.45) is 10.2. The zero-order valence-electron chi connectivity index (χ0n) is 63.3. The van der Waals surface area contributed by atoms with Crippen LogP contribution in [0.4, 0.5) is 4.79 Å². The molecule has 1 heterocycles. The van der Waals surface area contributed by atoms with Crippen molar-refractivity contribution in [2.75, 3.05) is 39.6 Å². The summed E-state index contributed by atoms with van der Waals surface area (Å²) in [6, 6.07) is 15.1. The van der Waals surface area contributed by atoms with Gasteiger partial charge in [0, 0.05) is 49.5 Å². The first kappa shape index (κ1) is 77.8. The molecule has 1 saturated heterocycles. The highest BCUT2D eigenvalue weighted by atomic mass is 16.6. The van der Waals surface area contributed by atoms with Crippen LogP contribution in [0, 0.1) is 74.9 Å². The Bertz CT molecular complexity index is 3360. The lowest BCUT2D eigenvalue weighted by atomic mass is 9.42. The van der Waals surface area contributed by atoms with Crippen molar-refractivity contribution in [1.82, 2.24) is 5.32 Å². The maximum absolute atomic E-state index is 15.8. The number of fused-ring (bicyclic) bond motifs is 10. The molecule has 2 bridgehead atoms. The van der Waals surface area contributed by atoms with E-state index in [-0.39, 0.29) is 48.1 Å². The Balaban J connectivity index is 0.753. The SMILES string of the molecule is CC(=O)O[C@@]12CO[C@@H]1C[C@H](C)[C@@]1(C)C(=O)[C@H](C)C3=C(C)[C@@H](OC(=O)[C@H](OC(=O)CCC(=O)CCCOCCOCCO[C@H]4CC[C@@]5(C)C(=CCC6C5CC[C@@]5(C)C6CC[C@@H]5[C@H](C)CCCC(C)C)C4)[C@@H](NC(=O)OC(C)(C)C)c4ccccc4)C[C@@](O)([C@@H](OC(=O)c4ccccc4)[C@H]21)C3(C)C. The number of Topliss-reactive ketones (excluding diaryl/α,β-unsaturated/α-hetero) is 2. The number of ether oxygens (including phenoxy) is 9. The molecule has 5 saturated carbocycles. The second-order valence-electron chi connectivity index (χ2n) is 34.1. The van der Waals surface area contributed by atoms with Gasteiger partial charge in [0.25, 0.3) is 0 Å². The van der Waals surface area contributed by atoms with Crippen LogP contribution in [-0.4, -0.2) is 134 Å². The van der Waals surface area contributed by atoms with Crippen molar-refractivity contribution in [1.29, 1.82) is 0 Å². The van der Waals surface area contributed by atoms with Crippen molar-refractivity contribution in [3.05, 3.63) is 94.6 Å². The summed E-state index contributed by atoms with van der Waals surface area (Å²) in [5.74, 6) is -1.74. The van der Waals surface area contributed by atoms with Gasteiger partial charge in [0.05, 0.1) is 57.0 Å². The molecule has 101 heavy (non-hydrogen) atoms. The number of hydrogen-bond acceptors (Lipinski definition) is 17. The van der Waals surface area contributed by atoms with Gasteiger partial charge < -0.3 is 53.1 Å². The zero-order chi connectivity index (χ0) is 73.2. The summed E-state index contributed by atoms with van der Waals surface area (Å²) in [5, 5.41) is 16.9. The monoisotopic (exact) mass is 1400 g/mol. The van der Waals surface area contributed by atoms with E-state index in [1.807, 2.05) is 6.92 Å². The minimum Gasteiger partial charge on any atom is -0.455 e. The Kier molecular flexibility index (Phi) is 24.3. The Hall–Kier alpha value is -5.79. The molecule has 19 atom stereocenters. The first-order valence-corrected chi connectivity index (χ1v) is 38.2. The molecule has 2 aromatic carbocycles. The number of hydrogen-bond donors (Lipinski definition) is 2. The van der Waals surface area contributed by atoms with E-state index in [1.54, 1.807) is 122 Å². The standard InChI is InChI=1S/C83H119NO17/c1-50(2)24-22-25-51(3)62-34-35-63-61-33-31-58-47-60(37-39-79(58,13)64(61)38-40-80(62,63)14)95-45-44-94-43-42-93-41-23-30-59(86)32-36-67(87)98-70(69(56-26-18-16-19-27-56)84-76(91)101-77(8,9)10)75(90)97-65-48-83(92)73(99-74(89)57-28-20-17-21-29-57)71-81(15,72(88)54(6)68(53(65)5)78(83,11)12)52(4)46-66-82(71,49-96-66)100-55(7)85/h16-21,26-29,31,50-52,54,60-66,69-71,73,92H,22-25,30,32-49H2,1-15H3,(H,84,91)/t51-,52+,54-,60+,61?,62-,63?,64?,65+,66-,69+,70-,71+,73+,79+,80-,81-,82+,83-/m1/s1. The number of allylic oxidation sites excluding steroid dienone is 1. The van der Waals surface area contributed by atoms with Crippen LogP contribution in [0.15, 0.2) is 83.5 Å². The van der Waals surface area contributed by atoms with Gasteiger partial charge in [-0.2, -0.15) is 0 Å². The molecule has 0 spiro atoms. The highest BCUT2D eigenvalue weighted by Crippen LogP contribution is 2.69. The lowest BCUT2D eigenvalue weighted by Crippen LogP contribution is -2.80. The van der Waals surface area contributed by atoms with Crippen molar-refractivity contribution in [2.24, 2.45) is 74.9 Å². The molecule has 3 unspecified atom stereocenters.